The van der Waals surface area contributed by atoms with Crippen LogP contribution < -0.4 is 19.7 Å². The van der Waals surface area contributed by atoms with Crippen molar-refractivity contribution in [3.63, 3.8) is 0 Å². The molecule has 1 aliphatic heterocycles. The van der Waals surface area contributed by atoms with Gasteiger partial charge in [-0.2, -0.15) is 4.37 Å². The van der Waals surface area contributed by atoms with Crippen molar-refractivity contribution in [2.45, 2.75) is 19.8 Å². The first-order chi connectivity index (χ1) is 14.2. The zero-order valence-electron chi connectivity index (χ0n) is 17.8. The van der Waals surface area contributed by atoms with Crippen LogP contribution in [-0.4, -0.2) is 73.7 Å². The molecule has 0 bridgehead atoms. The summed E-state index contributed by atoms with van der Waals surface area (Å²) in [6, 6.07) is 7.65. The van der Waals surface area contributed by atoms with E-state index in [4.69, 9.17) is 9.47 Å². The van der Waals surface area contributed by atoms with E-state index in [9.17, 15) is 0 Å². The lowest BCUT2D eigenvalue weighted by Gasteiger charge is -2.36. The van der Waals surface area contributed by atoms with Crippen LogP contribution in [-0.2, 0) is 6.42 Å². The van der Waals surface area contributed by atoms with Gasteiger partial charge >= 0.3 is 0 Å². The van der Waals surface area contributed by atoms with E-state index in [1.165, 1.54) is 11.5 Å². The number of nitrogens with zero attached hydrogens (tertiary/aromatic N) is 5. The summed E-state index contributed by atoms with van der Waals surface area (Å²) in [6.45, 7) is 7.26. The van der Waals surface area contributed by atoms with Gasteiger partial charge in [-0.1, -0.05) is 6.92 Å². The Morgan fingerprint density at radius 3 is 2.47 bits per heavy atom. The second-order valence-corrected chi connectivity index (χ2v) is 7.40. The van der Waals surface area contributed by atoms with Crippen molar-refractivity contribution < 1.29 is 9.47 Å². The van der Waals surface area contributed by atoms with Gasteiger partial charge in [0.05, 0.1) is 13.7 Å². The number of benzene rings is 1. The Morgan fingerprint density at radius 1 is 1.17 bits per heavy atom. The third-order valence-corrected chi connectivity index (χ3v) is 5.58. The van der Waals surface area contributed by atoms with Crippen molar-refractivity contribution in [2.24, 2.45) is 4.99 Å². The Kier molecular flexibility index (Phi) is 10.4. The highest BCUT2D eigenvalue weighted by atomic mass is 127. The van der Waals surface area contributed by atoms with Gasteiger partial charge in [0.2, 0.25) is 5.13 Å². The molecule has 2 aromatic rings. The second kappa shape index (κ2) is 12.8. The minimum absolute atomic E-state index is 0. The first-order valence-electron chi connectivity index (χ1n) is 10.0. The van der Waals surface area contributed by atoms with Crippen molar-refractivity contribution in [3.05, 3.63) is 30.1 Å². The van der Waals surface area contributed by atoms with Gasteiger partial charge in [0.15, 0.2) is 5.96 Å². The molecule has 1 fully saturated rings. The van der Waals surface area contributed by atoms with Gasteiger partial charge in [-0.25, -0.2) is 4.98 Å². The van der Waals surface area contributed by atoms with Crippen LogP contribution in [0.3, 0.4) is 0 Å². The first-order valence-corrected chi connectivity index (χ1v) is 10.8. The standard InChI is InChI=1S/C20H30N6O2S.HI/c1-4-18-23-20(29-24-18)26-13-11-25(12-14-26)19(21-2)22-10-5-15-28-17-8-6-16(27-3)7-9-17;/h6-9H,4-5,10-15H2,1-3H3,(H,21,22);1H. The molecule has 0 aliphatic carbocycles. The van der Waals surface area contributed by atoms with E-state index in [-0.39, 0.29) is 24.0 Å². The highest BCUT2D eigenvalue weighted by molar-refractivity contribution is 14.0. The fraction of sp³-hybridized carbons (Fsp3) is 0.550. The van der Waals surface area contributed by atoms with E-state index >= 15 is 0 Å². The number of piperazine rings is 1. The van der Waals surface area contributed by atoms with E-state index in [1.54, 1.807) is 7.11 Å². The molecule has 1 aromatic carbocycles. The third kappa shape index (κ3) is 6.86. The van der Waals surface area contributed by atoms with Crippen LogP contribution in [0.4, 0.5) is 5.13 Å². The molecule has 0 saturated carbocycles. The summed E-state index contributed by atoms with van der Waals surface area (Å²) in [4.78, 5) is 13.6. The lowest BCUT2D eigenvalue weighted by molar-refractivity contribution is 0.308. The van der Waals surface area contributed by atoms with Gasteiger partial charge in [0.1, 0.15) is 17.3 Å². The van der Waals surface area contributed by atoms with Crippen molar-refractivity contribution in [2.75, 3.05) is 58.4 Å². The molecule has 2 heterocycles. The summed E-state index contributed by atoms with van der Waals surface area (Å²) in [6.07, 6.45) is 1.78. The van der Waals surface area contributed by atoms with Crippen LogP contribution in [0.25, 0.3) is 0 Å². The number of ether oxygens (including phenoxy) is 2. The van der Waals surface area contributed by atoms with E-state index in [0.29, 0.717) is 6.61 Å². The Bertz CT molecular complexity index is 778. The predicted octanol–water partition coefficient (Wildman–Crippen LogP) is 2.89. The van der Waals surface area contributed by atoms with Crippen LogP contribution in [0.5, 0.6) is 11.5 Å². The molecule has 1 saturated heterocycles. The zero-order chi connectivity index (χ0) is 20.5. The van der Waals surface area contributed by atoms with Crippen molar-refractivity contribution >= 4 is 46.6 Å². The topological polar surface area (TPSA) is 75.1 Å². The maximum atomic E-state index is 5.77. The summed E-state index contributed by atoms with van der Waals surface area (Å²) < 4.78 is 15.3. The SMILES string of the molecule is CCc1nsc(N2CCN(C(=NC)NCCCOc3ccc(OC)cc3)CC2)n1.I. The highest BCUT2D eigenvalue weighted by Gasteiger charge is 2.21. The molecule has 166 valence electrons. The maximum absolute atomic E-state index is 5.77. The number of guanidine groups is 1. The number of aromatic nitrogens is 2. The Labute approximate surface area is 199 Å². The minimum Gasteiger partial charge on any atom is -0.497 e. The molecule has 3 rings (SSSR count). The number of aliphatic imine (C=N–C) groups is 1. The Balaban J connectivity index is 0.00000320. The van der Waals surface area contributed by atoms with Crippen LogP contribution in [0.1, 0.15) is 19.2 Å². The summed E-state index contributed by atoms with van der Waals surface area (Å²) in [7, 11) is 3.49. The number of methoxy groups -OCH3 is 1. The van der Waals surface area contributed by atoms with Gasteiger partial charge in [0.25, 0.3) is 0 Å². The second-order valence-electron chi connectivity index (χ2n) is 6.67. The van der Waals surface area contributed by atoms with E-state index in [1.807, 2.05) is 31.3 Å². The number of hydrogen-bond donors (Lipinski definition) is 1. The number of nitrogens with one attached hydrogen (secondary N) is 1. The molecular formula is C20H31IN6O2S. The van der Waals surface area contributed by atoms with Gasteiger partial charge < -0.3 is 24.6 Å². The van der Waals surface area contributed by atoms with Crippen molar-refractivity contribution in [3.8, 4) is 11.5 Å². The molecule has 0 spiro atoms. The Morgan fingerprint density at radius 2 is 1.87 bits per heavy atom. The molecule has 8 nitrogen and oxygen atoms in total. The van der Waals surface area contributed by atoms with Crippen molar-refractivity contribution in [1.82, 2.24) is 19.6 Å². The number of rotatable bonds is 8. The highest BCUT2D eigenvalue weighted by Crippen LogP contribution is 2.19. The summed E-state index contributed by atoms with van der Waals surface area (Å²) in [5, 5.41) is 4.47. The minimum atomic E-state index is 0. The first kappa shape index (κ1) is 24.4. The average molecular weight is 546 g/mol. The van der Waals surface area contributed by atoms with Crippen LogP contribution in [0, 0.1) is 0 Å². The summed E-state index contributed by atoms with van der Waals surface area (Å²) in [5.41, 5.74) is 0. The monoisotopic (exact) mass is 546 g/mol. The fourth-order valence-electron chi connectivity index (χ4n) is 3.09. The molecule has 1 N–H and O–H groups in total. The number of anilines is 1. The van der Waals surface area contributed by atoms with Gasteiger partial charge in [-0.05, 0) is 30.7 Å². The molecular weight excluding hydrogens is 515 g/mol. The van der Waals surface area contributed by atoms with Crippen LogP contribution in [0.2, 0.25) is 0 Å². The third-order valence-electron chi connectivity index (χ3n) is 4.77. The number of hydrogen-bond acceptors (Lipinski definition) is 7. The molecule has 10 heteroatoms. The lowest BCUT2D eigenvalue weighted by Crippen LogP contribution is -2.52. The lowest BCUT2D eigenvalue weighted by atomic mass is 10.3. The molecule has 0 unspecified atom stereocenters. The molecule has 0 radical (unpaired) electrons. The van der Waals surface area contributed by atoms with Gasteiger partial charge in [-0.3, -0.25) is 4.99 Å². The smallest absolute Gasteiger partial charge is 0.205 e. The zero-order valence-corrected chi connectivity index (χ0v) is 21.0. The largest absolute Gasteiger partial charge is 0.497 e. The normalized spacial score (nSPS) is 14.3. The molecule has 1 aromatic heterocycles. The summed E-state index contributed by atoms with van der Waals surface area (Å²) in [5.74, 6) is 3.57. The maximum Gasteiger partial charge on any atom is 0.205 e. The molecule has 0 atom stereocenters. The number of halogens is 1. The molecule has 0 amide bonds. The van der Waals surface area contributed by atoms with E-state index in [0.717, 1.165) is 74.0 Å². The number of aryl methyl sites for hydroxylation is 1. The van der Waals surface area contributed by atoms with Crippen LogP contribution in [0.15, 0.2) is 29.3 Å². The summed E-state index contributed by atoms with van der Waals surface area (Å²) >= 11 is 1.50. The molecule has 30 heavy (non-hydrogen) atoms. The van der Waals surface area contributed by atoms with Crippen LogP contribution >= 0.6 is 35.5 Å². The fourth-order valence-corrected chi connectivity index (χ4v) is 3.89. The predicted molar refractivity (Wildman–Crippen MR) is 133 cm³/mol. The van der Waals surface area contributed by atoms with E-state index < -0.39 is 0 Å². The molecule has 1 aliphatic rings. The van der Waals surface area contributed by atoms with Crippen molar-refractivity contribution in [1.29, 1.82) is 0 Å². The van der Waals surface area contributed by atoms with Gasteiger partial charge in [0, 0.05) is 57.7 Å². The van der Waals surface area contributed by atoms with E-state index in [2.05, 4.69) is 36.4 Å². The Hall–Kier alpha value is -1.82. The quantitative estimate of drug-likeness (QED) is 0.236. The average Bonchev–Trinajstić information content (AvgIpc) is 3.26. The van der Waals surface area contributed by atoms with Gasteiger partial charge in [-0.15, -0.1) is 24.0 Å².